The quantitative estimate of drug-likeness (QED) is 0.755. The molecular formula is C18H17N3O3. The summed E-state index contributed by atoms with van der Waals surface area (Å²) in [5.74, 6) is 0.0293. The van der Waals surface area contributed by atoms with Gasteiger partial charge >= 0.3 is 0 Å². The second-order valence-corrected chi connectivity index (χ2v) is 5.19. The molecule has 0 saturated carbocycles. The third-order valence-corrected chi connectivity index (χ3v) is 3.52. The molecule has 3 aromatic rings. The molecule has 0 saturated heterocycles. The first kappa shape index (κ1) is 15.7. The number of hydrogen-bond donors (Lipinski definition) is 2. The standard InChI is InChI=1S/C18H17N3O3/c1-2-19-17(22)11-20-18(23)13-10-15(16-8-5-9-24-16)21-14-7-4-3-6-12(13)14/h3-10H,2,11H2,1H3,(H,19,22)(H,20,23). The molecule has 2 amide bonds. The first-order chi connectivity index (χ1) is 11.7. The lowest BCUT2D eigenvalue weighted by Gasteiger charge is -2.09. The van der Waals surface area contributed by atoms with Gasteiger partial charge in [0.15, 0.2) is 5.76 Å². The fourth-order valence-electron chi connectivity index (χ4n) is 2.43. The number of furan rings is 1. The molecule has 2 N–H and O–H groups in total. The van der Waals surface area contributed by atoms with Gasteiger partial charge in [0.2, 0.25) is 5.91 Å². The Hall–Kier alpha value is -3.15. The number of pyridine rings is 1. The number of fused-ring (bicyclic) bond motifs is 1. The average Bonchev–Trinajstić information content (AvgIpc) is 3.13. The molecule has 24 heavy (non-hydrogen) atoms. The number of hydrogen-bond acceptors (Lipinski definition) is 4. The van der Waals surface area contributed by atoms with Gasteiger partial charge in [0, 0.05) is 11.9 Å². The Morgan fingerprint density at radius 2 is 1.96 bits per heavy atom. The topological polar surface area (TPSA) is 84.2 Å². The molecule has 6 heteroatoms. The minimum atomic E-state index is -0.326. The summed E-state index contributed by atoms with van der Waals surface area (Å²) in [6.07, 6.45) is 1.56. The molecule has 0 spiro atoms. The molecule has 0 aliphatic rings. The van der Waals surface area contributed by atoms with Crippen molar-refractivity contribution < 1.29 is 14.0 Å². The number of carbonyl (C=O) groups is 2. The highest BCUT2D eigenvalue weighted by Gasteiger charge is 2.15. The molecule has 2 heterocycles. The summed E-state index contributed by atoms with van der Waals surface area (Å²) in [7, 11) is 0. The second kappa shape index (κ2) is 6.95. The predicted octanol–water partition coefficient (Wildman–Crippen LogP) is 2.36. The van der Waals surface area contributed by atoms with E-state index in [9.17, 15) is 9.59 Å². The Kier molecular flexibility index (Phi) is 4.56. The molecule has 0 unspecified atom stereocenters. The number of benzene rings is 1. The van der Waals surface area contributed by atoms with E-state index in [1.54, 1.807) is 24.5 Å². The summed E-state index contributed by atoms with van der Waals surface area (Å²) in [5.41, 5.74) is 1.72. The fraction of sp³-hybridized carbons (Fsp3) is 0.167. The van der Waals surface area contributed by atoms with Gasteiger partial charge in [0.05, 0.1) is 23.9 Å². The Balaban J connectivity index is 1.96. The highest BCUT2D eigenvalue weighted by molar-refractivity contribution is 6.07. The van der Waals surface area contributed by atoms with Crippen LogP contribution in [0.25, 0.3) is 22.4 Å². The van der Waals surface area contributed by atoms with Gasteiger partial charge in [-0.1, -0.05) is 18.2 Å². The maximum atomic E-state index is 12.5. The molecule has 0 fully saturated rings. The van der Waals surface area contributed by atoms with Gasteiger partial charge in [-0.3, -0.25) is 9.59 Å². The lowest BCUT2D eigenvalue weighted by Crippen LogP contribution is -2.36. The number of rotatable bonds is 5. The first-order valence-corrected chi connectivity index (χ1v) is 7.67. The summed E-state index contributed by atoms with van der Waals surface area (Å²) in [4.78, 5) is 28.6. The van der Waals surface area contributed by atoms with Crippen LogP contribution in [0.4, 0.5) is 0 Å². The molecule has 122 valence electrons. The van der Waals surface area contributed by atoms with Crippen LogP contribution in [-0.2, 0) is 4.79 Å². The molecule has 2 aromatic heterocycles. The van der Waals surface area contributed by atoms with Crippen LogP contribution >= 0.6 is 0 Å². The maximum absolute atomic E-state index is 12.5. The van der Waals surface area contributed by atoms with Crippen molar-refractivity contribution >= 4 is 22.7 Å². The van der Waals surface area contributed by atoms with Crippen LogP contribution in [0.15, 0.2) is 53.1 Å². The summed E-state index contributed by atoms with van der Waals surface area (Å²) >= 11 is 0. The number of carbonyl (C=O) groups excluding carboxylic acids is 2. The normalized spacial score (nSPS) is 10.5. The Labute approximate surface area is 138 Å². The minimum Gasteiger partial charge on any atom is -0.463 e. The van der Waals surface area contributed by atoms with E-state index in [2.05, 4.69) is 15.6 Å². The average molecular weight is 323 g/mol. The third kappa shape index (κ3) is 3.27. The molecule has 0 radical (unpaired) electrons. The van der Waals surface area contributed by atoms with E-state index in [0.29, 0.717) is 29.1 Å². The number of para-hydroxylation sites is 1. The summed E-state index contributed by atoms with van der Waals surface area (Å²) in [6.45, 7) is 2.28. The van der Waals surface area contributed by atoms with Gasteiger partial charge in [0.25, 0.3) is 5.91 Å². The molecule has 0 aliphatic heterocycles. The number of nitrogens with one attached hydrogen (secondary N) is 2. The van der Waals surface area contributed by atoms with Crippen molar-refractivity contribution in [1.82, 2.24) is 15.6 Å². The van der Waals surface area contributed by atoms with Crippen LogP contribution in [0.2, 0.25) is 0 Å². The minimum absolute atomic E-state index is 0.0700. The first-order valence-electron chi connectivity index (χ1n) is 7.67. The van der Waals surface area contributed by atoms with E-state index < -0.39 is 0 Å². The largest absolute Gasteiger partial charge is 0.463 e. The summed E-state index contributed by atoms with van der Waals surface area (Å²) < 4.78 is 5.38. The van der Waals surface area contributed by atoms with E-state index in [0.717, 1.165) is 5.39 Å². The number of nitrogens with zero attached hydrogens (tertiary/aromatic N) is 1. The van der Waals surface area contributed by atoms with E-state index in [4.69, 9.17) is 4.42 Å². The molecule has 0 aliphatic carbocycles. The van der Waals surface area contributed by atoms with Crippen LogP contribution in [0, 0.1) is 0 Å². The second-order valence-electron chi connectivity index (χ2n) is 5.19. The van der Waals surface area contributed by atoms with Gasteiger partial charge in [-0.05, 0) is 31.2 Å². The van der Waals surface area contributed by atoms with E-state index in [-0.39, 0.29) is 18.4 Å². The maximum Gasteiger partial charge on any atom is 0.252 e. The molecule has 1 aromatic carbocycles. The van der Waals surface area contributed by atoms with Gasteiger partial charge in [-0.2, -0.15) is 0 Å². The van der Waals surface area contributed by atoms with Gasteiger partial charge < -0.3 is 15.1 Å². The van der Waals surface area contributed by atoms with E-state index >= 15 is 0 Å². The number of aromatic nitrogens is 1. The van der Waals surface area contributed by atoms with Gasteiger partial charge in [-0.25, -0.2) is 4.98 Å². The van der Waals surface area contributed by atoms with Crippen molar-refractivity contribution in [3.05, 3.63) is 54.3 Å². The highest BCUT2D eigenvalue weighted by Crippen LogP contribution is 2.25. The Morgan fingerprint density at radius 1 is 1.12 bits per heavy atom. The van der Waals surface area contributed by atoms with E-state index in [1.807, 2.05) is 31.2 Å². The van der Waals surface area contributed by atoms with Crippen molar-refractivity contribution in [3.63, 3.8) is 0 Å². The van der Waals surface area contributed by atoms with Crippen molar-refractivity contribution in [3.8, 4) is 11.5 Å². The predicted molar refractivity (Wildman–Crippen MR) is 90.5 cm³/mol. The lowest BCUT2D eigenvalue weighted by atomic mass is 10.1. The fourth-order valence-corrected chi connectivity index (χ4v) is 2.43. The Bertz CT molecular complexity index is 872. The molecule has 6 nitrogen and oxygen atoms in total. The smallest absolute Gasteiger partial charge is 0.252 e. The molecule has 3 rings (SSSR count). The van der Waals surface area contributed by atoms with Crippen molar-refractivity contribution in [2.24, 2.45) is 0 Å². The summed E-state index contributed by atoms with van der Waals surface area (Å²) in [6, 6.07) is 12.6. The third-order valence-electron chi connectivity index (χ3n) is 3.52. The van der Waals surface area contributed by atoms with Crippen LogP contribution in [0.1, 0.15) is 17.3 Å². The van der Waals surface area contributed by atoms with Gasteiger partial charge in [0.1, 0.15) is 5.69 Å². The van der Waals surface area contributed by atoms with Crippen LogP contribution in [0.3, 0.4) is 0 Å². The molecular weight excluding hydrogens is 306 g/mol. The van der Waals surface area contributed by atoms with Crippen LogP contribution in [-0.4, -0.2) is 29.9 Å². The number of likely N-dealkylation sites (N-methyl/N-ethyl adjacent to an activating group) is 1. The zero-order valence-electron chi connectivity index (χ0n) is 13.2. The van der Waals surface area contributed by atoms with Crippen molar-refractivity contribution in [1.29, 1.82) is 0 Å². The lowest BCUT2D eigenvalue weighted by molar-refractivity contribution is -0.120. The SMILES string of the molecule is CCNC(=O)CNC(=O)c1cc(-c2ccco2)nc2ccccc12. The summed E-state index contributed by atoms with van der Waals surface area (Å²) in [5, 5.41) is 6.00. The zero-order valence-corrected chi connectivity index (χ0v) is 13.2. The van der Waals surface area contributed by atoms with Crippen LogP contribution < -0.4 is 10.6 Å². The molecule has 0 bridgehead atoms. The highest BCUT2D eigenvalue weighted by atomic mass is 16.3. The molecule has 0 atom stereocenters. The van der Waals surface area contributed by atoms with E-state index in [1.165, 1.54) is 0 Å². The van der Waals surface area contributed by atoms with Gasteiger partial charge in [-0.15, -0.1) is 0 Å². The van der Waals surface area contributed by atoms with Crippen LogP contribution in [0.5, 0.6) is 0 Å². The zero-order chi connectivity index (χ0) is 16.9. The Morgan fingerprint density at radius 3 is 2.71 bits per heavy atom. The van der Waals surface area contributed by atoms with Crippen molar-refractivity contribution in [2.45, 2.75) is 6.92 Å². The number of amides is 2. The van der Waals surface area contributed by atoms with Crippen molar-refractivity contribution in [2.75, 3.05) is 13.1 Å². The monoisotopic (exact) mass is 323 g/mol.